The number of carbonyl (C=O) groups excluding carboxylic acids is 1. The van der Waals surface area contributed by atoms with Crippen molar-refractivity contribution in [2.75, 3.05) is 20.1 Å². The number of hydrogen-bond donors (Lipinski definition) is 2. The first-order valence-corrected chi connectivity index (χ1v) is 11.5. The number of nitrogens with one attached hydrogen (secondary N) is 2. The molecule has 0 bridgehead atoms. The molecule has 33 heavy (non-hydrogen) atoms. The number of rotatable bonds is 8. The van der Waals surface area contributed by atoms with Crippen LogP contribution in [0.3, 0.4) is 0 Å². The molecule has 4 rings (SSSR count). The molecule has 2 aromatic carbocycles. The molecule has 6 heteroatoms. The lowest BCUT2D eigenvalue weighted by Gasteiger charge is -2.25. The Morgan fingerprint density at radius 3 is 2.52 bits per heavy atom. The topological polar surface area (TPSA) is 69.9 Å². The first kappa shape index (κ1) is 22.6. The zero-order valence-electron chi connectivity index (χ0n) is 19.3. The lowest BCUT2D eigenvalue weighted by atomic mass is 9.94. The molecular formula is C27H32N4O2. The number of hydrogen-bond acceptors (Lipinski definition) is 3. The van der Waals surface area contributed by atoms with E-state index in [1.807, 2.05) is 60.5 Å². The fourth-order valence-corrected chi connectivity index (χ4v) is 4.41. The minimum absolute atomic E-state index is 0.0402. The number of benzene rings is 2. The van der Waals surface area contributed by atoms with Gasteiger partial charge in [0.05, 0.1) is 18.3 Å². The minimum Gasteiger partial charge on any atom is -0.469 e. The molecule has 3 aromatic rings. The molecule has 2 heterocycles. The van der Waals surface area contributed by atoms with E-state index < -0.39 is 0 Å². The van der Waals surface area contributed by atoms with Crippen LogP contribution in [0, 0.1) is 5.92 Å². The second-order valence-corrected chi connectivity index (χ2v) is 8.55. The van der Waals surface area contributed by atoms with Gasteiger partial charge in [-0.05, 0) is 30.2 Å². The second-order valence-electron chi connectivity index (χ2n) is 8.55. The molecule has 0 radical (unpaired) electrons. The van der Waals surface area contributed by atoms with Gasteiger partial charge in [0.2, 0.25) is 5.91 Å². The first-order chi connectivity index (χ1) is 16.1. The Labute approximate surface area is 195 Å². The predicted molar refractivity (Wildman–Crippen MR) is 131 cm³/mol. The van der Waals surface area contributed by atoms with Gasteiger partial charge in [0.15, 0.2) is 5.96 Å². The van der Waals surface area contributed by atoms with E-state index in [0.29, 0.717) is 19.5 Å². The molecule has 0 spiro atoms. The van der Waals surface area contributed by atoms with Gasteiger partial charge in [0.25, 0.3) is 0 Å². The number of furan rings is 1. The zero-order valence-corrected chi connectivity index (χ0v) is 19.3. The Balaban J connectivity index is 1.48. The molecule has 1 aliphatic heterocycles. The molecular weight excluding hydrogens is 412 g/mol. The summed E-state index contributed by atoms with van der Waals surface area (Å²) >= 11 is 0. The van der Waals surface area contributed by atoms with Gasteiger partial charge in [-0.2, -0.15) is 0 Å². The van der Waals surface area contributed by atoms with Gasteiger partial charge in [-0.25, -0.2) is 0 Å². The van der Waals surface area contributed by atoms with Crippen LogP contribution < -0.4 is 10.6 Å². The molecule has 0 saturated carbocycles. The largest absolute Gasteiger partial charge is 0.469 e. The van der Waals surface area contributed by atoms with E-state index in [2.05, 4.69) is 41.8 Å². The summed E-state index contributed by atoms with van der Waals surface area (Å²) in [6, 6.07) is 24.6. The first-order valence-electron chi connectivity index (χ1n) is 11.5. The van der Waals surface area contributed by atoms with Gasteiger partial charge in [-0.3, -0.25) is 9.79 Å². The van der Waals surface area contributed by atoms with Crippen molar-refractivity contribution in [3.8, 4) is 0 Å². The van der Waals surface area contributed by atoms with Gasteiger partial charge in [0.1, 0.15) is 5.76 Å². The molecule has 172 valence electrons. The molecule has 2 N–H and O–H groups in total. The van der Waals surface area contributed by atoms with Crippen molar-refractivity contribution in [3.05, 3.63) is 95.9 Å². The highest BCUT2D eigenvalue weighted by molar-refractivity contribution is 5.81. The molecule has 1 fully saturated rings. The lowest BCUT2D eigenvalue weighted by Crippen LogP contribution is -2.40. The van der Waals surface area contributed by atoms with Gasteiger partial charge < -0.3 is 20.0 Å². The van der Waals surface area contributed by atoms with Crippen LogP contribution in [-0.4, -0.2) is 36.9 Å². The maximum atomic E-state index is 12.5. The number of carbonyl (C=O) groups is 1. The van der Waals surface area contributed by atoms with E-state index in [-0.39, 0.29) is 23.9 Å². The fraction of sp³-hybridized carbons (Fsp3) is 0.333. The zero-order chi connectivity index (χ0) is 23.0. The van der Waals surface area contributed by atoms with Gasteiger partial charge in [-0.1, -0.05) is 60.7 Å². The van der Waals surface area contributed by atoms with Crippen molar-refractivity contribution < 1.29 is 9.21 Å². The molecule has 1 amide bonds. The molecule has 3 atom stereocenters. The standard InChI is InChI=1S/C27H32N4O2/c1-20(21-10-5-3-6-11-21)30-27(28-16-15-24-14-9-17-33-24)29-19-23-18-25(32)31(2)26(23)22-12-7-4-8-13-22/h3-14,17,20,23,26H,15-16,18-19H2,1-2H3,(H2,28,29,30). The van der Waals surface area contributed by atoms with Crippen molar-refractivity contribution in [1.29, 1.82) is 0 Å². The van der Waals surface area contributed by atoms with Crippen molar-refractivity contribution >= 4 is 11.9 Å². The molecule has 0 aliphatic carbocycles. The van der Waals surface area contributed by atoms with Gasteiger partial charge in [-0.15, -0.1) is 0 Å². The number of nitrogens with zero attached hydrogens (tertiary/aromatic N) is 2. The molecule has 6 nitrogen and oxygen atoms in total. The summed E-state index contributed by atoms with van der Waals surface area (Å²) in [5, 5.41) is 6.96. The maximum absolute atomic E-state index is 12.5. The summed E-state index contributed by atoms with van der Waals surface area (Å²) in [5.74, 6) is 1.97. The Kier molecular flexibility index (Phi) is 7.45. The van der Waals surface area contributed by atoms with E-state index in [1.165, 1.54) is 5.56 Å². The van der Waals surface area contributed by atoms with Crippen LogP contribution in [0.1, 0.15) is 42.3 Å². The smallest absolute Gasteiger partial charge is 0.223 e. The van der Waals surface area contributed by atoms with Crippen molar-refractivity contribution in [2.45, 2.75) is 31.8 Å². The minimum atomic E-state index is 0.0402. The average molecular weight is 445 g/mol. The summed E-state index contributed by atoms with van der Waals surface area (Å²) < 4.78 is 5.45. The molecule has 1 saturated heterocycles. The predicted octanol–water partition coefficient (Wildman–Crippen LogP) is 4.34. The average Bonchev–Trinajstić information content (AvgIpc) is 3.46. The second kappa shape index (κ2) is 10.9. The fourth-order valence-electron chi connectivity index (χ4n) is 4.41. The van der Waals surface area contributed by atoms with E-state index in [0.717, 1.165) is 23.7 Å². The third-order valence-electron chi connectivity index (χ3n) is 6.22. The summed E-state index contributed by atoms with van der Waals surface area (Å²) in [6.45, 7) is 3.39. The van der Waals surface area contributed by atoms with Crippen LogP contribution in [0.4, 0.5) is 0 Å². The van der Waals surface area contributed by atoms with Crippen LogP contribution in [-0.2, 0) is 11.2 Å². The monoisotopic (exact) mass is 444 g/mol. The number of likely N-dealkylation sites (tertiary alicyclic amines) is 1. The van der Waals surface area contributed by atoms with Crippen molar-refractivity contribution in [2.24, 2.45) is 10.9 Å². The van der Waals surface area contributed by atoms with Crippen LogP contribution in [0.2, 0.25) is 0 Å². The Morgan fingerprint density at radius 1 is 1.09 bits per heavy atom. The van der Waals surface area contributed by atoms with Crippen molar-refractivity contribution in [3.63, 3.8) is 0 Å². The highest BCUT2D eigenvalue weighted by Crippen LogP contribution is 2.37. The van der Waals surface area contributed by atoms with Gasteiger partial charge >= 0.3 is 0 Å². The van der Waals surface area contributed by atoms with Crippen LogP contribution >= 0.6 is 0 Å². The van der Waals surface area contributed by atoms with Crippen LogP contribution in [0.15, 0.2) is 88.5 Å². The molecule has 1 aromatic heterocycles. The third kappa shape index (κ3) is 5.83. The Morgan fingerprint density at radius 2 is 1.82 bits per heavy atom. The van der Waals surface area contributed by atoms with E-state index >= 15 is 0 Å². The van der Waals surface area contributed by atoms with Crippen LogP contribution in [0.25, 0.3) is 0 Å². The van der Waals surface area contributed by atoms with Crippen LogP contribution in [0.5, 0.6) is 0 Å². The van der Waals surface area contributed by atoms with Gasteiger partial charge in [0, 0.05) is 38.9 Å². The number of aliphatic imine (C=N–C) groups is 1. The molecule has 3 unspecified atom stereocenters. The number of amides is 1. The summed E-state index contributed by atoms with van der Waals surface area (Å²) in [4.78, 5) is 19.3. The highest BCUT2D eigenvalue weighted by Gasteiger charge is 2.38. The highest BCUT2D eigenvalue weighted by atomic mass is 16.3. The summed E-state index contributed by atoms with van der Waals surface area (Å²) in [7, 11) is 1.89. The van der Waals surface area contributed by atoms with E-state index in [1.54, 1.807) is 6.26 Å². The SMILES string of the molecule is CC(NC(=NCC1CC(=O)N(C)C1c1ccccc1)NCCc1ccco1)c1ccccc1. The molecule has 1 aliphatic rings. The quantitative estimate of drug-likeness (QED) is 0.401. The lowest BCUT2D eigenvalue weighted by molar-refractivity contribution is -0.127. The Hall–Kier alpha value is -3.54. The van der Waals surface area contributed by atoms with E-state index in [4.69, 9.17) is 9.41 Å². The maximum Gasteiger partial charge on any atom is 0.223 e. The Bertz CT molecular complexity index is 1030. The summed E-state index contributed by atoms with van der Waals surface area (Å²) in [6.07, 6.45) is 2.97. The van der Waals surface area contributed by atoms with Crippen molar-refractivity contribution in [1.82, 2.24) is 15.5 Å². The van der Waals surface area contributed by atoms with E-state index in [9.17, 15) is 4.79 Å². The summed E-state index contributed by atoms with van der Waals surface area (Å²) in [5.41, 5.74) is 2.35. The number of guanidine groups is 1. The normalized spacial score (nSPS) is 19.5. The third-order valence-corrected chi connectivity index (χ3v) is 6.22.